The molecule has 0 aliphatic carbocycles. The third-order valence-corrected chi connectivity index (χ3v) is 3.95. The molecule has 0 amide bonds. The van der Waals surface area contributed by atoms with E-state index in [1.165, 1.54) is 25.1 Å². The smallest absolute Gasteiger partial charge is 0.141 e. The van der Waals surface area contributed by atoms with E-state index in [4.69, 9.17) is 10.7 Å². The first kappa shape index (κ1) is 11.7. The van der Waals surface area contributed by atoms with Gasteiger partial charge in [0.1, 0.15) is 5.65 Å². The van der Waals surface area contributed by atoms with Crippen LogP contribution in [-0.2, 0) is 13.0 Å². The van der Waals surface area contributed by atoms with E-state index in [0.717, 1.165) is 17.6 Å². The van der Waals surface area contributed by atoms with Crippen LogP contribution in [0.25, 0.3) is 5.65 Å². The molecular formula is C14H20N4. The first-order chi connectivity index (χ1) is 8.78. The van der Waals surface area contributed by atoms with Crippen LogP contribution in [-0.4, -0.2) is 33.9 Å². The monoisotopic (exact) mass is 244 g/mol. The summed E-state index contributed by atoms with van der Waals surface area (Å²) in [6, 6.07) is 4.73. The Labute approximate surface area is 107 Å². The molecule has 3 rings (SSSR count). The average Bonchev–Trinajstić information content (AvgIpc) is 2.95. The number of fused-ring (bicyclic) bond motifs is 1. The second-order valence-electron chi connectivity index (χ2n) is 5.18. The molecule has 1 aliphatic rings. The SMILES string of the molecule is CN1CCCC1Cc1cn2cccc(CN)c2n1. The summed E-state index contributed by atoms with van der Waals surface area (Å²) in [7, 11) is 2.21. The van der Waals surface area contributed by atoms with E-state index < -0.39 is 0 Å². The van der Waals surface area contributed by atoms with Gasteiger partial charge < -0.3 is 15.0 Å². The number of likely N-dealkylation sites (N-methyl/N-ethyl adjacent to an activating group) is 1. The van der Waals surface area contributed by atoms with Crippen molar-refractivity contribution in [2.75, 3.05) is 13.6 Å². The van der Waals surface area contributed by atoms with Gasteiger partial charge in [0.25, 0.3) is 0 Å². The Morgan fingerprint density at radius 1 is 1.50 bits per heavy atom. The predicted molar refractivity (Wildman–Crippen MR) is 72.4 cm³/mol. The van der Waals surface area contributed by atoms with Crippen molar-refractivity contribution in [3.05, 3.63) is 35.8 Å². The van der Waals surface area contributed by atoms with E-state index >= 15 is 0 Å². The molecule has 0 saturated carbocycles. The van der Waals surface area contributed by atoms with Crippen molar-refractivity contribution in [3.63, 3.8) is 0 Å². The van der Waals surface area contributed by atoms with Gasteiger partial charge in [-0.05, 0) is 32.5 Å². The predicted octanol–water partition coefficient (Wildman–Crippen LogP) is 1.43. The molecule has 2 aromatic heterocycles. The van der Waals surface area contributed by atoms with E-state index in [1.54, 1.807) is 0 Å². The van der Waals surface area contributed by atoms with Crippen LogP contribution in [0.2, 0.25) is 0 Å². The maximum Gasteiger partial charge on any atom is 0.141 e. The lowest BCUT2D eigenvalue weighted by Gasteiger charge is -2.17. The van der Waals surface area contributed by atoms with Gasteiger partial charge in [-0.15, -0.1) is 0 Å². The number of hydrogen-bond donors (Lipinski definition) is 1. The van der Waals surface area contributed by atoms with E-state index in [9.17, 15) is 0 Å². The number of nitrogens with zero attached hydrogens (tertiary/aromatic N) is 3. The fraction of sp³-hybridized carbons (Fsp3) is 0.500. The number of pyridine rings is 1. The summed E-state index contributed by atoms with van der Waals surface area (Å²) in [5.74, 6) is 0. The summed E-state index contributed by atoms with van der Waals surface area (Å²) in [5.41, 5.74) is 9.05. The minimum absolute atomic E-state index is 0.546. The second kappa shape index (κ2) is 4.71. The van der Waals surface area contributed by atoms with Gasteiger partial charge in [-0.2, -0.15) is 0 Å². The normalized spacial score (nSPS) is 20.9. The van der Waals surface area contributed by atoms with Crippen LogP contribution in [0.4, 0.5) is 0 Å². The summed E-state index contributed by atoms with van der Waals surface area (Å²) >= 11 is 0. The maximum atomic E-state index is 5.75. The highest BCUT2D eigenvalue weighted by molar-refractivity contribution is 5.48. The zero-order valence-electron chi connectivity index (χ0n) is 10.8. The maximum absolute atomic E-state index is 5.75. The fourth-order valence-corrected chi connectivity index (χ4v) is 2.86. The zero-order chi connectivity index (χ0) is 12.5. The fourth-order valence-electron chi connectivity index (χ4n) is 2.86. The number of imidazole rings is 1. The van der Waals surface area contributed by atoms with Crippen LogP contribution < -0.4 is 5.73 Å². The number of hydrogen-bond acceptors (Lipinski definition) is 3. The number of aromatic nitrogens is 2. The topological polar surface area (TPSA) is 46.6 Å². The summed E-state index contributed by atoms with van der Waals surface area (Å²) in [4.78, 5) is 7.18. The van der Waals surface area contributed by atoms with E-state index in [0.29, 0.717) is 12.6 Å². The molecule has 1 atom stereocenters. The molecule has 1 fully saturated rings. The molecule has 4 heteroatoms. The van der Waals surface area contributed by atoms with Gasteiger partial charge in [-0.25, -0.2) is 4.98 Å². The number of likely N-dealkylation sites (tertiary alicyclic amines) is 1. The Morgan fingerprint density at radius 3 is 3.11 bits per heavy atom. The van der Waals surface area contributed by atoms with Gasteiger partial charge in [0, 0.05) is 37.0 Å². The minimum Gasteiger partial charge on any atom is -0.326 e. The molecule has 18 heavy (non-hydrogen) atoms. The van der Waals surface area contributed by atoms with Crippen molar-refractivity contribution in [1.29, 1.82) is 0 Å². The molecule has 2 aromatic rings. The molecule has 0 aromatic carbocycles. The summed E-state index contributed by atoms with van der Waals surface area (Å²) in [6.45, 7) is 1.76. The lowest BCUT2D eigenvalue weighted by atomic mass is 10.1. The highest BCUT2D eigenvalue weighted by Crippen LogP contribution is 2.20. The van der Waals surface area contributed by atoms with Crippen molar-refractivity contribution < 1.29 is 0 Å². The van der Waals surface area contributed by atoms with Gasteiger partial charge >= 0.3 is 0 Å². The zero-order valence-corrected chi connectivity index (χ0v) is 10.8. The van der Waals surface area contributed by atoms with Crippen LogP contribution in [0.5, 0.6) is 0 Å². The highest BCUT2D eigenvalue weighted by Gasteiger charge is 2.22. The quantitative estimate of drug-likeness (QED) is 0.888. The van der Waals surface area contributed by atoms with Crippen LogP contribution in [0.1, 0.15) is 24.1 Å². The minimum atomic E-state index is 0.546. The molecule has 4 nitrogen and oxygen atoms in total. The van der Waals surface area contributed by atoms with Crippen LogP contribution in [0, 0.1) is 0 Å². The van der Waals surface area contributed by atoms with Gasteiger partial charge in [0.2, 0.25) is 0 Å². The molecule has 2 N–H and O–H groups in total. The molecule has 1 aliphatic heterocycles. The standard InChI is InChI=1S/C14H20N4/c1-17-6-3-5-13(17)8-12-10-18-7-2-4-11(9-15)14(18)16-12/h2,4,7,10,13H,3,5-6,8-9,15H2,1H3. The lowest BCUT2D eigenvalue weighted by molar-refractivity contribution is 0.308. The third kappa shape index (κ3) is 2.02. The van der Waals surface area contributed by atoms with E-state index in [2.05, 4.69) is 22.5 Å². The Balaban J connectivity index is 1.89. The number of rotatable bonds is 3. The highest BCUT2D eigenvalue weighted by atomic mass is 15.1. The average molecular weight is 244 g/mol. The van der Waals surface area contributed by atoms with Gasteiger partial charge in [0.15, 0.2) is 0 Å². The van der Waals surface area contributed by atoms with E-state index in [1.807, 2.05) is 18.3 Å². The van der Waals surface area contributed by atoms with Gasteiger partial charge in [-0.3, -0.25) is 0 Å². The van der Waals surface area contributed by atoms with E-state index in [-0.39, 0.29) is 0 Å². The summed E-state index contributed by atoms with van der Waals surface area (Å²) in [6.07, 6.45) is 7.82. The first-order valence-corrected chi connectivity index (χ1v) is 6.63. The van der Waals surface area contributed by atoms with Crippen molar-refractivity contribution >= 4 is 5.65 Å². The van der Waals surface area contributed by atoms with Crippen molar-refractivity contribution in [1.82, 2.24) is 14.3 Å². The Hall–Kier alpha value is -1.39. The Kier molecular flexibility index (Phi) is 3.06. The van der Waals surface area contributed by atoms with Crippen LogP contribution in [0.15, 0.2) is 24.5 Å². The summed E-state index contributed by atoms with van der Waals surface area (Å²) in [5, 5.41) is 0. The first-order valence-electron chi connectivity index (χ1n) is 6.63. The van der Waals surface area contributed by atoms with Gasteiger partial charge in [0.05, 0.1) is 5.69 Å². The molecule has 1 unspecified atom stereocenters. The summed E-state index contributed by atoms with van der Waals surface area (Å²) < 4.78 is 2.09. The molecule has 3 heterocycles. The van der Waals surface area contributed by atoms with Crippen molar-refractivity contribution in [2.24, 2.45) is 5.73 Å². The van der Waals surface area contributed by atoms with Crippen molar-refractivity contribution in [3.8, 4) is 0 Å². The Morgan fingerprint density at radius 2 is 2.39 bits per heavy atom. The lowest BCUT2D eigenvalue weighted by Crippen LogP contribution is -2.26. The molecular weight excluding hydrogens is 224 g/mol. The number of nitrogens with two attached hydrogens (primary N) is 1. The molecule has 0 spiro atoms. The second-order valence-corrected chi connectivity index (χ2v) is 5.18. The van der Waals surface area contributed by atoms with Crippen LogP contribution >= 0.6 is 0 Å². The molecule has 1 saturated heterocycles. The van der Waals surface area contributed by atoms with Crippen LogP contribution in [0.3, 0.4) is 0 Å². The molecule has 96 valence electrons. The Bertz CT molecular complexity index is 546. The van der Waals surface area contributed by atoms with Gasteiger partial charge in [-0.1, -0.05) is 6.07 Å². The molecule has 0 bridgehead atoms. The molecule has 0 radical (unpaired) electrons. The third-order valence-electron chi connectivity index (χ3n) is 3.95. The van der Waals surface area contributed by atoms with Crippen molar-refractivity contribution in [2.45, 2.75) is 31.8 Å². The largest absolute Gasteiger partial charge is 0.326 e.